The van der Waals surface area contributed by atoms with Crippen molar-refractivity contribution in [1.29, 1.82) is 0 Å². The molecule has 0 heterocycles. The Morgan fingerprint density at radius 3 is 2.13 bits per heavy atom. The monoisotopic (exact) mass is 466 g/mol. The van der Waals surface area contributed by atoms with Crippen LogP contribution >= 0.6 is 11.8 Å². The molecule has 0 saturated heterocycles. The summed E-state index contributed by atoms with van der Waals surface area (Å²) in [5.74, 6) is -1.45. The molecule has 0 fully saturated rings. The van der Waals surface area contributed by atoms with Crippen LogP contribution < -0.4 is 4.74 Å². The van der Waals surface area contributed by atoms with Gasteiger partial charge in [-0.25, -0.2) is 8.42 Å². The van der Waals surface area contributed by atoms with Gasteiger partial charge in [-0.2, -0.15) is 13.2 Å². The normalized spacial score (nSPS) is 11.7. The number of carbonyl (C=O) groups excluding carboxylic acids is 1. The second kappa shape index (κ2) is 8.66. The molecule has 0 aromatic heterocycles. The molecular weight excluding hydrogens is 457 g/mol. The maximum atomic E-state index is 12.6. The van der Waals surface area contributed by atoms with Crippen LogP contribution in [0.25, 0.3) is 0 Å². The highest BCUT2D eigenvalue weighted by atomic mass is 32.2. The second-order valence-corrected chi connectivity index (χ2v) is 8.31. The van der Waals surface area contributed by atoms with Gasteiger partial charge in [0, 0.05) is 18.2 Å². The predicted octanol–water partition coefficient (Wildman–Crippen LogP) is 3.49. The number of non-ortho nitro benzene ring substituents is 1. The summed E-state index contributed by atoms with van der Waals surface area (Å²) in [7, 11) is -5.78. The third kappa shape index (κ3) is 5.24. The number of esters is 1. The molecule has 0 radical (unpaired) electrons. The summed E-state index contributed by atoms with van der Waals surface area (Å²) in [6.07, 6.45) is 0. The molecule has 0 saturated carbocycles. The van der Waals surface area contributed by atoms with Crippen molar-refractivity contribution >= 4 is 38.9 Å². The molecule has 160 valence electrons. The fourth-order valence-electron chi connectivity index (χ4n) is 2.00. The van der Waals surface area contributed by atoms with Gasteiger partial charge in [0.2, 0.25) is 0 Å². The van der Waals surface area contributed by atoms with E-state index in [1.165, 1.54) is 0 Å². The van der Waals surface area contributed by atoms with E-state index in [0.717, 1.165) is 30.3 Å². The molecule has 2 rings (SSSR count). The number of sulfone groups is 1. The lowest BCUT2D eigenvalue weighted by Crippen LogP contribution is -2.23. The number of hydrogen-bond acceptors (Lipinski definition) is 9. The van der Waals surface area contributed by atoms with Crippen molar-refractivity contribution in [3.8, 4) is 5.75 Å². The summed E-state index contributed by atoms with van der Waals surface area (Å²) in [4.78, 5) is 30.2. The van der Waals surface area contributed by atoms with Crippen LogP contribution in [0, 0.1) is 20.2 Å². The minimum Gasteiger partial charge on any atom is -0.426 e. The van der Waals surface area contributed by atoms with Crippen LogP contribution in [0.4, 0.5) is 24.5 Å². The molecule has 0 unspecified atom stereocenters. The molecular formula is C15H9F3N2O8S2. The zero-order valence-electron chi connectivity index (χ0n) is 14.4. The van der Waals surface area contributed by atoms with Gasteiger partial charge < -0.3 is 4.74 Å². The number of nitro benzene ring substituents is 2. The minimum atomic E-state index is -5.78. The van der Waals surface area contributed by atoms with Gasteiger partial charge in [0.05, 0.1) is 25.4 Å². The lowest BCUT2D eigenvalue weighted by atomic mass is 10.3. The van der Waals surface area contributed by atoms with Gasteiger partial charge in [0.1, 0.15) is 5.75 Å². The first-order chi connectivity index (χ1) is 13.8. The van der Waals surface area contributed by atoms with Crippen molar-refractivity contribution in [2.45, 2.75) is 15.3 Å². The number of halogens is 3. The highest BCUT2D eigenvalue weighted by Crippen LogP contribution is 2.36. The van der Waals surface area contributed by atoms with E-state index < -0.39 is 47.5 Å². The third-order valence-corrected chi connectivity index (χ3v) is 5.89. The molecule has 0 aliphatic rings. The standard InChI is InChI=1S/C15H9F3N2O8S2/c16-15(17,18)30(26,27)11-5-6-13(12(7-11)20(24)25)29-8-14(21)28-10-3-1-9(2-4-10)19(22)23/h1-7H,8H2. The van der Waals surface area contributed by atoms with Gasteiger partial charge in [0.15, 0.2) is 0 Å². The Hall–Kier alpha value is -3.20. The van der Waals surface area contributed by atoms with Crippen molar-refractivity contribution in [3.63, 3.8) is 0 Å². The molecule has 0 bridgehead atoms. The smallest absolute Gasteiger partial charge is 0.426 e. The molecule has 0 amide bonds. The summed E-state index contributed by atoms with van der Waals surface area (Å²) < 4.78 is 65.6. The third-order valence-electron chi connectivity index (χ3n) is 3.37. The van der Waals surface area contributed by atoms with E-state index in [1.807, 2.05) is 0 Å². The van der Waals surface area contributed by atoms with Crippen LogP contribution in [0.15, 0.2) is 52.3 Å². The summed E-state index contributed by atoms with van der Waals surface area (Å²) in [6.45, 7) is 0. The van der Waals surface area contributed by atoms with E-state index >= 15 is 0 Å². The first-order valence-corrected chi connectivity index (χ1v) is 9.97. The van der Waals surface area contributed by atoms with Gasteiger partial charge in [-0.1, -0.05) is 0 Å². The maximum absolute atomic E-state index is 12.6. The minimum absolute atomic E-state index is 0.0349. The van der Waals surface area contributed by atoms with E-state index in [0.29, 0.717) is 17.8 Å². The number of thioether (sulfide) groups is 1. The summed E-state index contributed by atoms with van der Waals surface area (Å²) in [5.41, 5.74) is -6.81. The molecule has 10 nitrogen and oxygen atoms in total. The molecule has 0 aliphatic heterocycles. The van der Waals surface area contributed by atoms with Crippen molar-refractivity contribution in [3.05, 3.63) is 62.7 Å². The Balaban J connectivity index is 2.15. The molecule has 15 heteroatoms. The van der Waals surface area contributed by atoms with Crippen LogP contribution in [0.3, 0.4) is 0 Å². The summed E-state index contributed by atoms with van der Waals surface area (Å²) >= 11 is 0.537. The van der Waals surface area contributed by atoms with Crippen LogP contribution in [0.5, 0.6) is 5.75 Å². The van der Waals surface area contributed by atoms with Gasteiger partial charge in [0.25, 0.3) is 21.2 Å². The van der Waals surface area contributed by atoms with E-state index in [1.54, 1.807) is 0 Å². The number of nitrogens with zero attached hydrogens (tertiary/aromatic N) is 2. The van der Waals surface area contributed by atoms with Crippen LogP contribution in [-0.2, 0) is 14.6 Å². The topological polar surface area (TPSA) is 147 Å². The molecule has 0 aliphatic carbocycles. The van der Waals surface area contributed by atoms with E-state index in [4.69, 9.17) is 4.74 Å². The highest BCUT2D eigenvalue weighted by molar-refractivity contribution is 8.00. The maximum Gasteiger partial charge on any atom is 0.501 e. The van der Waals surface area contributed by atoms with Crippen LogP contribution in [0.1, 0.15) is 0 Å². The number of nitro groups is 2. The number of carbonyl (C=O) groups is 1. The van der Waals surface area contributed by atoms with Crippen molar-refractivity contribution in [2.24, 2.45) is 0 Å². The van der Waals surface area contributed by atoms with Gasteiger partial charge in [-0.05, 0) is 24.3 Å². The van der Waals surface area contributed by atoms with E-state index in [9.17, 15) is 46.6 Å². The van der Waals surface area contributed by atoms with Crippen LogP contribution in [-0.4, -0.2) is 35.5 Å². The zero-order valence-corrected chi connectivity index (χ0v) is 16.0. The Morgan fingerprint density at radius 1 is 1.03 bits per heavy atom. The quantitative estimate of drug-likeness (QED) is 0.197. The number of ether oxygens (including phenoxy) is 1. The molecule has 30 heavy (non-hydrogen) atoms. The predicted molar refractivity (Wildman–Crippen MR) is 95.8 cm³/mol. The van der Waals surface area contributed by atoms with Crippen molar-refractivity contribution in [1.82, 2.24) is 0 Å². The summed E-state index contributed by atoms with van der Waals surface area (Å²) in [6, 6.07) is 6.05. The second-order valence-electron chi connectivity index (χ2n) is 5.35. The van der Waals surface area contributed by atoms with E-state index in [2.05, 4.69) is 0 Å². The van der Waals surface area contributed by atoms with Crippen molar-refractivity contribution in [2.75, 3.05) is 5.75 Å². The first-order valence-electron chi connectivity index (χ1n) is 7.50. The highest BCUT2D eigenvalue weighted by Gasteiger charge is 2.47. The first kappa shape index (κ1) is 23.1. The average Bonchev–Trinajstić information content (AvgIpc) is 2.65. The van der Waals surface area contributed by atoms with Gasteiger partial charge >= 0.3 is 11.5 Å². The molecule has 0 atom stereocenters. The number of alkyl halides is 3. The number of hydrogen-bond donors (Lipinski definition) is 0. The van der Waals surface area contributed by atoms with E-state index in [-0.39, 0.29) is 22.4 Å². The average molecular weight is 466 g/mol. The fourth-order valence-corrected chi connectivity index (χ4v) is 3.56. The largest absolute Gasteiger partial charge is 0.501 e. The number of benzene rings is 2. The number of rotatable bonds is 7. The van der Waals surface area contributed by atoms with Crippen molar-refractivity contribution < 1.29 is 41.0 Å². The Bertz CT molecular complexity index is 1100. The molecule has 0 N–H and O–H groups in total. The molecule has 0 spiro atoms. The zero-order chi connectivity index (χ0) is 22.7. The Kier molecular flexibility index (Phi) is 6.66. The molecule has 2 aromatic carbocycles. The lowest BCUT2D eigenvalue weighted by molar-refractivity contribution is -0.388. The lowest BCUT2D eigenvalue weighted by Gasteiger charge is -2.09. The Morgan fingerprint density at radius 2 is 1.63 bits per heavy atom. The van der Waals surface area contributed by atoms with Crippen LogP contribution in [0.2, 0.25) is 0 Å². The Labute approximate surface area is 169 Å². The fraction of sp³-hybridized carbons (Fsp3) is 0.133. The SMILES string of the molecule is O=C(CSc1ccc(S(=O)(=O)C(F)(F)F)cc1[N+](=O)[O-])Oc1ccc([N+](=O)[O-])cc1. The van der Waals surface area contributed by atoms with Gasteiger partial charge in [-0.3, -0.25) is 25.0 Å². The summed E-state index contributed by atoms with van der Waals surface area (Å²) in [5, 5.41) is 21.7. The van der Waals surface area contributed by atoms with Gasteiger partial charge in [-0.15, -0.1) is 11.8 Å². The molecule has 2 aromatic rings.